The van der Waals surface area contributed by atoms with E-state index in [0.29, 0.717) is 0 Å². The molecule has 0 heterocycles. The van der Waals surface area contributed by atoms with Crippen molar-refractivity contribution in [3.63, 3.8) is 0 Å². The molecule has 0 aliphatic rings. The van der Waals surface area contributed by atoms with E-state index in [1.54, 1.807) is 0 Å². The lowest BCUT2D eigenvalue weighted by Gasteiger charge is -2.23. The van der Waals surface area contributed by atoms with Crippen LogP contribution >= 0.6 is 0 Å². The Kier molecular flexibility index (Phi) is 4.21. The first-order chi connectivity index (χ1) is 8.75. The second kappa shape index (κ2) is 5.47. The Balaban J connectivity index is 3.31. The number of aliphatic carboxylic acids is 1. The molecule has 0 aliphatic heterocycles. The Bertz CT molecular complexity index is 541. The van der Waals surface area contributed by atoms with Gasteiger partial charge in [0.2, 0.25) is 0 Å². The molecule has 0 amide bonds. The molecule has 7 heteroatoms. The summed E-state index contributed by atoms with van der Waals surface area (Å²) in [5, 5.41) is 19.9. The smallest absolute Gasteiger partial charge is 0.326 e. The molecule has 1 aromatic rings. The van der Waals surface area contributed by atoms with Gasteiger partial charge in [-0.3, -0.25) is 14.9 Å². The molecule has 7 nitrogen and oxygen atoms in total. The minimum atomic E-state index is -1.09. The largest absolute Gasteiger partial charge is 0.480 e. The predicted molar refractivity (Wildman–Crippen MR) is 68.6 cm³/mol. The number of rotatable bonds is 5. The van der Waals surface area contributed by atoms with E-state index in [1.807, 2.05) is 0 Å². The molecule has 0 radical (unpaired) electrons. The summed E-state index contributed by atoms with van der Waals surface area (Å²) < 4.78 is 0. The molecule has 0 aliphatic carbocycles. The van der Waals surface area contributed by atoms with E-state index in [1.165, 1.54) is 37.9 Å². The number of hydrogen-bond donors (Lipinski definition) is 1. The van der Waals surface area contributed by atoms with Crippen LogP contribution in [0.3, 0.4) is 0 Å². The van der Waals surface area contributed by atoms with E-state index in [4.69, 9.17) is 5.11 Å². The second-order valence-corrected chi connectivity index (χ2v) is 4.14. The van der Waals surface area contributed by atoms with Crippen molar-refractivity contribution in [1.29, 1.82) is 0 Å². The van der Waals surface area contributed by atoms with Gasteiger partial charge in [-0.05, 0) is 26.0 Å². The molecular formula is C12H14N2O5. The van der Waals surface area contributed by atoms with Crippen LogP contribution in [-0.4, -0.2) is 34.9 Å². The monoisotopic (exact) mass is 266 g/mol. The number of anilines is 1. The van der Waals surface area contributed by atoms with Crippen LogP contribution in [0.25, 0.3) is 0 Å². The zero-order chi connectivity index (χ0) is 14.7. The number of ketones is 1. The van der Waals surface area contributed by atoms with Crippen molar-refractivity contribution in [2.24, 2.45) is 0 Å². The molecule has 0 fully saturated rings. The van der Waals surface area contributed by atoms with Crippen molar-refractivity contribution in [2.75, 3.05) is 11.9 Å². The molecule has 19 heavy (non-hydrogen) atoms. The number of Topliss-reactive ketones (excluding diaryl/α,β-unsaturated/α-hetero) is 1. The first-order valence-electron chi connectivity index (χ1n) is 5.50. The topological polar surface area (TPSA) is 101 Å². The summed E-state index contributed by atoms with van der Waals surface area (Å²) in [5.74, 6) is -1.38. The fourth-order valence-corrected chi connectivity index (χ4v) is 1.56. The highest BCUT2D eigenvalue weighted by atomic mass is 16.6. The van der Waals surface area contributed by atoms with Crippen LogP contribution in [0.15, 0.2) is 18.2 Å². The number of nitro benzene ring substituents is 1. The fraction of sp³-hybridized carbons (Fsp3) is 0.333. The quantitative estimate of drug-likeness (QED) is 0.494. The average Bonchev–Trinajstić information content (AvgIpc) is 2.35. The lowest BCUT2D eigenvalue weighted by molar-refractivity contribution is -0.384. The number of nitrogens with zero attached hydrogens (tertiary/aromatic N) is 2. The van der Waals surface area contributed by atoms with E-state index in [9.17, 15) is 19.7 Å². The molecule has 1 aromatic carbocycles. The molecule has 102 valence electrons. The lowest BCUT2D eigenvalue weighted by atomic mass is 10.1. The zero-order valence-electron chi connectivity index (χ0n) is 10.8. The summed E-state index contributed by atoms with van der Waals surface area (Å²) in [5.41, 5.74) is 0.0834. The number of nitro groups is 1. The predicted octanol–water partition coefficient (Wildman–Crippen LogP) is 1.71. The van der Waals surface area contributed by atoms with Crippen LogP contribution in [0.5, 0.6) is 0 Å². The maximum absolute atomic E-state index is 11.2. The molecule has 0 aromatic heterocycles. The summed E-state index contributed by atoms with van der Waals surface area (Å²) >= 11 is 0. The Morgan fingerprint density at radius 3 is 2.42 bits per heavy atom. The molecule has 1 rings (SSSR count). The number of likely N-dealkylation sites (N-methyl/N-ethyl adjacent to an activating group) is 1. The van der Waals surface area contributed by atoms with Gasteiger partial charge >= 0.3 is 5.97 Å². The third-order valence-electron chi connectivity index (χ3n) is 2.90. The molecule has 0 bridgehead atoms. The summed E-state index contributed by atoms with van der Waals surface area (Å²) in [7, 11) is 1.45. The van der Waals surface area contributed by atoms with Crippen LogP contribution < -0.4 is 4.90 Å². The zero-order valence-corrected chi connectivity index (χ0v) is 10.8. The van der Waals surface area contributed by atoms with Crippen LogP contribution in [0, 0.1) is 10.1 Å². The Labute approximate surface area is 109 Å². The minimum Gasteiger partial charge on any atom is -0.480 e. The van der Waals surface area contributed by atoms with Gasteiger partial charge in [0.05, 0.1) is 4.92 Å². The number of carbonyl (C=O) groups excluding carboxylic acids is 1. The van der Waals surface area contributed by atoms with Gasteiger partial charge in [-0.1, -0.05) is 0 Å². The van der Waals surface area contributed by atoms with Crippen molar-refractivity contribution in [3.8, 4) is 0 Å². The van der Waals surface area contributed by atoms with Gasteiger partial charge in [0.25, 0.3) is 5.69 Å². The van der Waals surface area contributed by atoms with Crippen molar-refractivity contribution in [2.45, 2.75) is 19.9 Å². The van der Waals surface area contributed by atoms with Crippen molar-refractivity contribution in [3.05, 3.63) is 33.9 Å². The Morgan fingerprint density at radius 2 is 2.00 bits per heavy atom. The highest BCUT2D eigenvalue weighted by molar-refractivity contribution is 5.95. The molecule has 1 N–H and O–H groups in total. The van der Waals surface area contributed by atoms with Gasteiger partial charge < -0.3 is 10.0 Å². The van der Waals surface area contributed by atoms with E-state index in [2.05, 4.69) is 0 Å². The summed E-state index contributed by atoms with van der Waals surface area (Å²) in [4.78, 5) is 33.8. The normalized spacial score (nSPS) is 11.7. The average molecular weight is 266 g/mol. The number of benzene rings is 1. The van der Waals surface area contributed by atoms with Crippen LogP contribution in [0.1, 0.15) is 24.2 Å². The number of carboxylic acids is 1. The van der Waals surface area contributed by atoms with Crippen LogP contribution in [-0.2, 0) is 4.79 Å². The van der Waals surface area contributed by atoms with Gasteiger partial charge in [-0.15, -0.1) is 0 Å². The Morgan fingerprint density at radius 1 is 1.42 bits per heavy atom. The molecular weight excluding hydrogens is 252 g/mol. The maximum atomic E-state index is 11.2. The van der Waals surface area contributed by atoms with E-state index in [0.717, 1.165) is 6.07 Å². The molecule has 0 saturated carbocycles. The van der Waals surface area contributed by atoms with Crippen LogP contribution in [0.4, 0.5) is 11.4 Å². The van der Waals surface area contributed by atoms with Gasteiger partial charge in [0, 0.05) is 18.7 Å². The lowest BCUT2D eigenvalue weighted by Crippen LogP contribution is -2.36. The highest BCUT2D eigenvalue weighted by Gasteiger charge is 2.25. The van der Waals surface area contributed by atoms with Gasteiger partial charge in [-0.2, -0.15) is 0 Å². The number of hydrogen-bond acceptors (Lipinski definition) is 5. The maximum Gasteiger partial charge on any atom is 0.326 e. The van der Waals surface area contributed by atoms with Gasteiger partial charge in [0.1, 0.15) is 11.7 Å². The highest BCUT2D eigenvalue weighted by Crippen LogP contribution is 2.29. The summed E-state index contributed by atoms with van der Waals surface area (Å²) in [6.07, 6.45) is 0. The molecule has 0 saturated heterocycles. The SMILES string of the molecule is CC(=O)c1ccc(N(C)C(C)C(=O)O)c([N+](=O)[O-])c1. The Hall–Kier alpha value is -2.44. The van der Waals surface area contributed by atoms with E-state index >= 15 is 0 Å². The van der Waals surface area contributed by atoms with E-state index in [-0.39, 0.29) is 22.7 Å². The molecule has 0 spiro atoms. The number of carbonyl (C=O) groups is 2. The molecule has 1 atom stereocenters. The second-order valence-electron chi connectivity index (χ2n) is 4.14. The standard InChI is InChI=1S/C12H14N2O5/c1-7(12(16)17)13(3)10-5-4-9(8(2)15)6-11(10)14(18)19/h4-7H,1-3H3,(H,16,17). The first kappa shape index (κ1) is 14.6. The summed E-state index contributed by atoms with van der Waals surface area (Å²) in [6.45, 7) is 2.73. The van der Waals surface area contributed by atoms with E-state index < -0.39 is 16.9 Å². The molecule has 1 unspecified atom stereocenters. The third kappa shape index (κ3) is 3.06. The first-order valence-corrected chi connectivity index (χ1v) is 5.50. The van der Waals surface area contributed by atoms with Crippen LogP contribution in [0.2, 0.25) is 0 Å². The van der Waals surface area contributed by atoms with Gasteiger partial charge in [0.15, 0.2) is 5.78 Å². The van der Waals surface area contributed by atoms with Crippen molar-refractivity contribution < 1.29 is 19.6 Å². The minimum absolute atomic E-state index is 0.157. The summed E-state index contributed by atoms with van der Waals surface area (Å²) in [6, 6.07) is 3.06. The van der Waals surface area contributed by atoms with Gasteiger partial charge in [-0.25, -0.2) is 4.79 Å². The third-order valence-corrected chi connectivity index (χ3v) is 2.90. The number of carboxylic acid groups (broad SMARTS) is 1. The van der Waals surface area contributed by atoms with Crippen molar-refractivity contribution >= 4 is 23.1 Å². The fourth-order valence-electron chi connectivity index (χ4n) is 1.56. The van der Waals surface area contributed by atoms with Crippen molar-refractivity contribution in [1.82, 2.24) is 0 Å².